The van der Waals surface area contributed by atoms with Crippen LogP contribution in [0.2, 0.25) is 0 Å². The zero-order valence-corrected chi connectivity index (χ0v) is 13.5. The van der Waals surface area contributed by atoms with Gasteiger partial charge in [-0.05, 0) is 44.4 Å². The van der Waals surface area contributed by atoms with E-state index >= 15 is 0 Å². The Morgan fingerprint density at radius 1 is 1.19 bits per heavy atom. The van der Waals surface area contributed by atoms with Crippen molar-refractivity contribution in [3.05, 3.63) is 29.8 Å². The zero-order valence-electron chi connectivity index (χ0n) is 13.5. The SMILES string of the molecule is CCC(CC)C(=O)NCC(=O)N(CC)c1cccc(C)c1. The highest BCUT2D eigenvalue weighted by Gasteiger charge is 2.18. The summed E-state index contributed by atoms with van der Waals surface area (Å²) in [7, 11) is 0. The monoisotopic (exact) mass is 290 g/mol. The summed E-state index contributed by atoms with van der Waals surface area (Å²) in [5.74, 6) is -0.122. The van der Waals surface area contributed by atoms with E-state index in [1.54, 1.807) is 4.90 Å². The maximum atomic E-state index is 12.3. The average Bonchev–Trinajstić information content (AvgIpc) is 2.47. The molecule has 0 saturated heterocycles. The Kier molecular flexibility index (Phi) is 6.92. The standard InChI is InChI=1S/C17H26N2O2/c1-5-14(6-2)17(21)18-12-16(20)19(7-3)15-10-8-9-13(4)11-15/h8-11,14H,5-7,12H2,1-4H3,(H,18,21). The predicted molar refractivity (Wildman–Crippen MR) is 86.3 cm³/mol. The van der Waals surface area contributed by atoms with Gasteiger partial charge >= 0.3 is 0 Å². The molecule has 4 heteroatoms. The zero-order chi connectivity index (χ0) is 15.8. The third-order valence-electron chi connectivity index (χ3n) is 3.70. The molecule has 0 atom stereocenters. The maximum absolute atomic E-state index is 12.3. The van der Waals surface area contributed by atoms with E-state index in [-0.39, 0.29) is 24.3 Å². The molecule has 0 heterocycles. The van der Waals surface area contributed by atoms with Crippen molar-refractivity contribution in [2.45, 2.75) is 40.5 Å². The molecule has 1 aromatic rings. The third-order valence-corrected chi connectivity index (χ3v) is 3.70. The van der Waals surface area contributed by atoms with Gasteiger partial charge in [-0.1, -0.05) is 26.0 Å². The topological polar surface area (TPSA) is 49.4 Å². The molecule has 4 nitrogen and oxygen atoms in total. The van der Waals surface area contributed by atoms with Gasteiger partial charge in [0.05, 0.1) is 6.54 Å². The molecule has 0 saturated carbocycles. The fraction of sp³-hybridized carbons (Fsp3) is 0.529. The number of anilines is 1. The third kappa shape index (κ3) is 4.88. The van der Waals surface area contributed by atoms with Gasteiger partial charge < -0.3 is 10.2 Å². The van der Waals surface area contributed by atoms with Crippen LogP contribution in [0.4, 0.5) is 5.69 Å². The largest absolute Gasteiger partial charge is 0.347 e. The number of nitrogens with one attached hydrogen (secondary N) is 1. The number of benzene rings is 1. The van der Waals surface area contributed by atoms with Crippen molar-refractivity contribution in [3.8, 4) is 0 Å². The molecule has 1 aromatic carbocycles. The lowest BCUT2D eigenvalue weighted by molar-refractivity contribution is -0.128. The van der Waals surface area contributed by atoms with Crippen molar-refractivity contribution < 1.29 is 9.59 Å². The van der Waals surface area contributed by atoms with Gasteiger partial charge in [0.2, 0.25) is 11.8 Å². The van der Waals surface area contributed by atoms with Gasteiger partial charge in [-0.3, -0.25) is 9.59 Å². The Labute approximate surface area is 127 Å². The highest BCUT2D eigenvalue weighted by Crippen LogP contribution is 2.15. The lowest BCUT2D eigenvalue weighted by Crippen LogP contribution is -2.42. The van der Waals surface area contributed by atoms with E-state index in [1.165, 1.54) is 0 Å². The van der Waals surface area contributed by atoms with Crippen LogP contribution in [0.25, 0.3) is 0 Å². The van der Waals surface area contributed by atoms with Crippen LogP contribution < -0.4 is 10.2 Å². The van der Waals surface area contributed by atoms with E-state index in [4.69, 9.17) is 0 Å². The van der Waals surface area contributed by atoms with Crippen molar-refractivity contribution in [2.75, 3.05) is 18.0 Å². The first-order chi connectivity index (χ1) is 10.0. The van der Waals surface area contributed by atoms with Gasteiger partial charge in [-0.25, -0.2) is 0 Å². The molecule has 0 radical (unpaired) electrons. The van der Waals surface area contributed by atoms with Crippen LogP contribution >= 0.6 is 0 Å². The van der Waals surface area contributed by atoms with Gasteiger partial charge in [0.15, 0.2) is 0 Å². The summed E-state index contributed by atoms with van der Waals surface area (Å²) < 4.78 is 0. The highest BCUT2D eigenvalue weighted by molar-refractivity contribution is 5.96. The smallest absolute Gasteiger partial charge is 0.246 e. The lowest BCUT2D eigenvalue weighted by Gasteiger charge is -2.22. The number of aryl methyl sites for hydroxylation is 1. The molecule has 0 spiro atoms. The molecule has 0 aromatic heterocycles. The molecular formula is C17H26N2O2. The van der Waals surface area contributed by atoms with Crippen molar-refractivity contribution in [1.82, 2.24) is 5.32 Å². The number of carbonyl (C=O) groups excluding carboxylic acids is 2. The molecule has 0 aliphatic carbocycles. The van der Waals surface area contributed by atoms with Gasteiger partial charge in [-0.2, -0.15) is 0 Å². The van der Waals surface area contributed by atoms with Crippen LogP contribution in [0.3, 0.4) is 0 Å². The summed E-state index contributed by atoms with van der Waals surface area (Å²) in [6.45, 7) is 8.54. The predicted octanol–water partition coefficient (Wildman–Crippen LogP) is 2.90. The molecule has 0 aliphatic rings. The van der Waals surface area contributed by atoms with Gasteiger partial charge in [0.25, 0.3) is 0 Å². The van der Waals surface area contributed by atoms with Crippen LogP contribution in [0.5, 0.6) is 0 Å². The first kappa shape index (κ1) is 17.2. The van der Waals surface area contributed by atoms with Crippen molar-refractivity contribution in [1.29, 1.82) is 0 Å². The van der Waals surface area contributed by atoms with Crippen LogP contribution in [-0.2, 0) is 9.59 Å². The number of hydrogen-bond donors (Lipinski definition) is 1. The average molecular weight is 290 g/mol. The van der Waals surface area contributed by atoms with Crippen molar-refractivity contribution in [2.24, 2.45) is 5.92 Å². The van der Waals surface area contributed by atoms with Gasteiger partial charge in [0.1, 0.15) is 0 Å². The fourth-order valence-corrected chi connectivity index (χ4v) is 2.36. The summed E-state index contributed by atoms with van der Waals surface area (Å²) in [5.41, 5.74) is 1.99. The number of nitrogens with zero attached hydrogens (tertiary/aromatic N) is 1. The quantitative estimate of drug-likeness (QED) is 0.839. The molecule has 0 unspecified atom stereocenters. The minimum atomic E-state index is -0.0811. The first-order valence-electron chi connectivity index (χ1n) is 7.68. The lowest BCUT2D eigenvalue weighted by atomic mass is 10.0. The Bertz CT molecular complexity index is 481. The fourth-order valence-electron chi connectivity index (χ4n) is 2.36. The Morgan fingerprint density at radius 2 is 1.86 bits per heavy atom. The minimum absolute atomic E-state index is 0.00755. The van der Waals surface area contributed by atoms with E-state index in [9.17, 15) is 9.59 Å². The molecule has 1 N–H and O–H groups in total. The van der Waals surface area contributed by atoms with E-state index in [0.29, 0.717) is 6.54 Å². The number of likely N-dealkylation sites (N-methyl/N-ethyl adjacent to an activating group) is 1. The molecule has 116 valence electrons. The Hall–Kier alpha value is -1.84. The molecular weight excluding hydrogens is 264 g/mol. The van der Waals surface area contributed by atoms with Crippen LogP contribution in [0.1, 0.15) is 39.2 Å². The second kappa shape index (κ2) is 8.45. The normalized spacial score (nSPS) is 10.5. The maximum Gasteiger partial charge on any atom is 0.246 e. The number of amides is 2. The summed E-state index contributed by atoms with van der Waals surface area (Å²) in [5, 5.41) is 2.75. The van der Waals surface area contributed by atoms with Gasteiger partial charge in [0, 0.05) is 18.2 Å². The van der Waals surface area contributed by atoms with Crippen LogP contribution in [0.15, 0.2) is 24.3 Å². The van der Waals surface area contributed by atoms with E-state index in [0.717, 1.165) is 24.1 Å². The first-order valence-corrected chi connectivity index (χ1v) is 7.68. The Morgan fingerprint density at radius 3 is 2.38 bits per heavy atom. The molecule has 0 fully saturated rings. The molecule has 2 amide bonds. The molecule has 0 aliphatic heterocycles. The summed E-state index contributed by atoms with van der Waals surface area (Å²) in [6.07, 6.45) is 1.60. The van der Waals surface area contributed by atoms with E-state index < -0.39 is 0 Å². The second-order valence-corrected chi connectivity index (χ2v) is 5.21. The van der Waals surface area contributed by atoms with E-state index in [2.05, 4.69) is 5.32 Å². The van der Waals surface area contributed by atoms with E-state index in [1.807, 2.05) is 52.0 Å². The van der Waals surface area contributed by atoms with Gasteiger partial charge in [-0.15, -0.1) is 0 Å². The van der Waals surface area contributed by atoms with Crippen LogP contribution in [0, 0.1) is 12.8 Å². The Balaban J connectivity index is 2.66. The summed E-state index contributed by atoms with van der Waals surface area (Å²) >= 11 is 0. The van der Waals surface area contributed by atoms with Crippen LogP contribution in [-0.4, -0.2) is 24.9 Å². The van der Waals surface area contributed by atoms with Crippen molar-refractivity contribution >= 4 is 17.5 Å². The number of rotatable bonds is 7. The summed E-state index contributed by atoms with van der Waals surface area (Å²) in [4.78, 5) is 25.9. The molecule has 1 rings (SSSR count). The molecule has 21 heavy (non-hydrogen) atoms. The number of hydrogen-bond acceptors (Lipinski definition) is 2. The number of carbonyl (C=O) groups is 2. The highest BCUT2D eigenvalue weighted by atomic mass is 16.2. The second-order valence-electron chi connectivity index (χ2n) is 5.21. The summed E-state index contributed by atoms with van der Waals surface area (Å²) in [6, 6.07) is 7.82. The van der Waals surface area contributed by atoms with Crippen molar-refractivity contribution in [3.63, 3.8) is 0 Å². The minimum Gasteiger partial charge on any atom is -0.347 e. The molecule has 0 bridgehead atoms.